The zero-order valence-corrected chi connectivity index (χ0v) is 9.25. The van der Waals surface area contributed by atoms with Gasteiger partial charge in [-0.25, -0.2) is 0 Å². The quantitative estimate of drug-likeness (QED) is 0.767. The van der Waals surface area contributed by atoms with E-state index < -0.39 is 0 Å². The van der Waals surface area contributed by atoms with Gasteiger partial charge in [-0.2, -0.15) is 0 Å². The first-order chi connectivity index (χ1) is 6.63. The van der Waals surface area contributed by atoms with E-state index in [1.807, 2.05) is 0 Å². The maximum absolute atomic E-state index is 5.54. The molecule has 0 fully saturated rings. The average Bonchev–Trinajstić information content (AvgIpc) is 2.17. The first-order valence-electron chi connectivity index (χ1n) is 5.18. The fraction of sp³-hybridized carbons (Fsp3) is 0.500. The van der Waals surface area contributed by atoms with Crippen LogP contribution in [0.3, 0.4) is 0 Å². The predicted molar refractivity (Wildman–Crippen MR) is 61.0 cm³/mol. The molecule has 14 heavy (non-hydrogen) atoms. The molecule has 0 amide bonds. The van der Waals surface area contributed by atoms with Crippen molar-refractivity contribution in [1.29, 1.82) is 0 Å². The van der Waals surface area contributed by atoms with Crippen molar-refractivity contribution in [1.82, 2.24) is 5.32 Å². The lowest BCUT2D eigenvalue weighted by Gasteiger charge is -2.17. The fourth-order valence-corrected chi connectivity index (χ4v) is 1.54. The van der Waals surface area contributed by atoms with Crippen molar-refractivity contribution in [2.75, 3.05) is 0 Å². The lowest BCUT2D eigenvalue weighted by molar-refractivity contribution is 0.506. The summed E-state index contributed by atoms with van der Waals surface area (Å²) in [7, 11) is 0. The van der Waals surface area contributed by atoms with Gasteiger partial charge in [0.05, 0.1) is 0 Å². The molecule has 1 unspecified atom stereocenters. The molecule has 0 bridgehead atoms. The highest BCUT2D eigenvalue weighted by Gasteiger charge is 2.05. The number of hydrogen-bond acceptors (Lipinski definition) is 2. The van der Waals surface area contributed by atoms with Gasteiger partial charge in [-0.05, 0) is 18.1 Å². The predicted octanol–water partition coefficient (Wildman–Crippen LogP) is 2.20. The number of nitrogens with two attached hydrogens (primary N) is 1. The molecule has 78 valence electrons. The van der Waals surface area contributed by atoms with Gasteiger partial charge in [-0.1, -0.05) is 38.1 Å². The van der Waals surface area contributed by atoms with Crippen LogP contribution in [0.1, 0.15) is 37.9 Å². The fourth-order valence-electron chi connectivity index (χ4n) is 1.54. The van der Waals surface area contributed by atoms with Gasteiger partial charge < -0.3 is 11.1 Å². The summed E-state index contributed by atoms with van der Waals surface area (Å²) >= 11 is 0. The Morgan fingerprint density at radius 1 is 1.14 bits per heavy atom. The molecular weight excluding hydrogens is 172 g/mol. The maximum Gasteiger partial charge on any atom is 0.0294 e. The lowest BCUT2D eigenvalue weighted by atomic mass is 10.1. The molecule has 3 N–H and O–H groups in total. The van der Waals surface area contributed by atoms with Crippen molar-refractivity contribution in [2.45, 2.75) is 39.4 Å². The minimum Gasteiger partial charge on any atom is -0.326 e. The standard InChI is InChI=1S/C12H20N2/c1-9(2)14-10(3)12-6-4-11(8-13)5-7-12/h4-7,9-10,14H,8,13H2,1-3H3. The second-order valence-corrected chi connectivity index (χ2v) is 3.99. The van der Waals surface area contributed by atoms with Crippen LogP contribution in [-0.4, -0.2) is 6.04 Å². The number of rotatable bonds is 4. The Kier molecular flexibility index (Phi) is 4.11. The molecule has 0 spiro atoms. The van der Waals surface area contributed by atoms with E-state index in [2.05, 4.69) is 50.4 Å². The first kappa shape index (κ1) is 11.2. The van der Waals surface area contributed by atoms with Crippen molar-refractivity contribution in [3.8, 4) is 0 Å². The molecule has 0 aliphatic carbocycles. The van der Waals surface area contributed by atoms with E-state index in [-0.39, 0.29) is 0 Å². The van der Waals surface area contributed by atoms with E-state index in [0.717, 1.165) is 0 Å². The lowest BCUT2D eigenvalue weighted by Crippen LogP contribution is -2.25. The van der Waals surface area contributed by atoms with Crippen LogP contribution < -0.4 is 11.1 Å². The number of hydrogen-bond donors (Lipinski definition) is 2. The van der Waals surface area contributed by atoms with Gasteiger partial charge in [0.2, 0.25) is 0 Å². The monoisotopic (exact) mass is 192 g/mol. The normalized spacial score (nSPS) is 13.2. The Labute approximate surface area is 86.5 Å². The number of nitrogens with one attached hydrogen (secondary N) is 1. The van der Waals surface area contributed by atoms with Gasteiger partial charge in [0.15, 0.2) is 0 Å². The van der Waals surface area contributed by atoms with E-state index in [0.29, 0.717) is 18.6 Å². The summed E-state index contributed by atoms with van der Waals surface area (Å²) in [5.41, 5.74) is 8.04. The van der Waals surface area contributed by atoms with Crippen molar-refractivity contribution in [2.24, 2.45) is 5.73 Å². The largest absolute Gasteiger partial charge is 0.326 e. The molecule has 2 heteroatoms. The van der Waals surface area contributed by atoms with Crippen LogP contribution in [0.25, 0.3) is 0 Å². The zero-order chi connectivity index (χ0) is 10.6. The molecule has 0 saturated heterocycles. The molecule has 1 rings (SSSR count). The van der Waals surface area contributed by atoms with Gasteiger partial charge in [0, 0.05) is 18.6 Å². The summed E-state index contributed by atoms with van der Waals surface area (Å²) < 4.78 is 0. The second-order valence-electron chi connectivity index (χ2n) is 3.99. The first-order valence-corrected chi connectivity index (χ1v) is 5.18. The molecule has 1 aromatic rings. The van der Waals surface area contributed by atoms with Crippen LogP contribution in [0, 0.1) is 0 Å². The Balaban J connectivity index is 2.66. The molecule has 0 aliphatic heterocycles. The molecule has 0 saturated carbocycles. The van der Waals surface area contributed by atoms with E-state index in [1.54, 1.807) is 0 Å². The summed E-state index contributed by atoms with van der Waals surface area (Å²) in [6.45, 7) is 7.11. The average molecular weight is 192 g/mol. The van der Waals surface area contributed by atoms with E-state index >= 15 is 0 Å². The topological polar surface area (TPSA) is 38.0 Å². The smallest absolute Gasteiger partial charge is 0.0294 e. The minimum atomic E-state index is 0.404. The summed E-state index contributed by atoms with van der Waals surface area (Å²) in [5, 5.41) is 3.47. The zero-order valence-electron chi connectivity index (χ0n) is 9.25. The Morgan fingerprint density at radius 2 is 1.71 bits per heavy atom. The Bertz CT molecular complexity index is 264. The third-order valence-electron chi connectivity index (χ3n) is 2.30. The van der Waals surface area contributed by atoms with Crippen LogP contribution in [0.4, 0.5) is 0 Å². The highest BCUT2D eigenvalue weighted by molar-refractivity contribution is 5.24. The molecule has 2 nitrogen and oxygen atoms in total. The maximum atomic E-state index is 5.54. The van der Waals surface area contributed by atoms with Gasteiger partial charge in [-0.3, -0.25) is 0 Å². The summed E-state index contributed by atoms with van der Waals surface area (Å²) in [4.78, 5) is 0. The molecule has 0 aromatic heterocycles. The highest BCUT2D eigenvalue weighted by Crippen LogP contribution is 2.13. The van der Waals surface area contributed by atoms with Crippen molar-refractivity contribution < 1.29 is 0 Å². The van der Waals surface area contributed by atoms with Crippen molar-refractivity contribution in [3.63, 3.8) is 0 Å². The van der Waals surface area contributed by atoms with Crippen LogP contribution in [-0.2, 0) is 6.54 Å². The van der Waals surface area contributed by atoms with Gasteiger partial charge in [-0.15, -0.1) is 0 Å². The molecule has 1 aromatic carbocycles. The molecule has 0 radical (unpaired) electrons. The van der Waals surface area contributed by atoms with Crippen molar-refractivity contribution >= 4 is 0 Å². The molecular formula is C12H20N2. The minimum absolute atomic E-state index is 0.404. The van der Waals surface area contributed by atoms with Crippen LogP contribution in [0.5, 0.6) is 0 Å². The van der Waals surface area contributed by atoms with E-state index in [9.17, 15) is 0 Å². The SMILES string of the molecule is CC(C)NC(C)c1ccc(CN)cc1. The van der Waals surface area contributed by atoms with Crippen LogP contribution >= 0.6 is 0 Å². The number of benzene rings is 1. The molecule has 0 heterocycles. The third kappa shape index (κ3) is 3.13. The van der Waals surface area contributed by atoms with Crippen molar-refractivity contribution in [3.05, 3.63) is 35.4 Å². The summed E-state index contributed by atoms with van der Waals surface area (Å²) in [6, 6.07) is 9.38. The van der Waals surface area contributed by atoms with E-state index in [4.69, 9.17) is 5.73 Å². The Morgan fingerprint density at radius 3 is 2.14 bits per heavy atom. The van der Waals surface area contributed by atoms with E-state index in [1.165, 1.54) is 11.1 Å². The molecule has 0 aliphatic rings. The van der Waals surface area contributed by atoms with Gasteiger partial charge in [0.1, 0.15) is 0 Å². The molecule has 1 atom stereocenters. The van der Waals surface area contributed by atoms with Gasteiger partial charge >= 0.3 is 0 Å². The van der Waals surface area contributed by atoms with Crippen LogP contribution in [0.15, 0.2) is 24.3 Å². The Hall–Kier alpha value is -0.860. The van der Waals surface area contributed by atoms with Gasteiger partial charge in [0.25, 0.3) is 0 Å². The summed E-state index contributed by atoms with van der Waals surface area (Å²) in [5.74, 6) is 0. The van der Waals surface area contributed by atoms with Crippen LogP contribution in [0.2, 0.25) is 0 Å². The third-order valence-corrected chi connectivity index (χ3v) is 2.30. The summed E-state index contributed by atoms with van der Waals surface area (Å²) in [6.07, 6.45) is 0. The highest BCUT2D eigenvalue weighted by atomic mass is 14.9. The second kappa shape index (κ2) is 5.13.